The molecule has 2 rings (SSSR count). The van der Waals surface area contributed by atoms with Crippen LogP contribution in [-0.4, -0.2) is 22.7 Å². The fraction of sp³-hybridized carbons (Fsp3) is 0.462. The molecule has 0 radical (unpaired) electrons. The van der Waals surface area contributed by atoms with E-state index in [4.69, 9.17) is 15.6 Å². The van der Waals surface area contributed by atoms with Crippen LogP contribution in [0.3, 0.4) is 0 Å². The Bertz CT molecular complexity index is 495. The smallest absolute Gasteiger partial charge is 0.323 e. The summed E-state index contributed by atoms with van der Waals surface area (Å²) in [5.74, 6) is -3.36. The van der Waals surface area contributed by atoms with Gasteiger partial charge in [-0.05, 0) is 31.4 Å². The van der Waals surface area contributed by atoms with Crippen LogP contribution in [0.25, 0.3) is 0 Å². The van der Waals surface area contributed by atoms with E-state index in [0.29, 0.717) is 19.3 Å². The van der Waals surface area contributed by atoms with Crippen molar-refractivity contribution in [2.45, 2.75) is 37.3 Å². The van der Waals surface area contributed by atoms with E-state index in [-0.39, 0.29) is 12.2 Å². The van der Waals surface area contributed by atoms with Crippen molar-refractivity contribution in [2.24, 2.45) is 5.73 Å². The molecule has 0 saturated heterocycles. The first-order valence-corrected chi connectivity index (χ1v) is 6.05. The normalized spacial score (nSPS) is 27.0. The molecule has 3 N–H and O–H groups in total. The number of aliphatic carboxylic acids is 1. The van der Waals surface area contributed by atoms with E-state index >= 15 is 0 Å². The quantitative estimate of drug-likeness (QED) is 0.882. The molecule has 2 atom stereocenters. The number of carboxylic acid groups (broad SMARTS) is 1. The molecule has 1 fully saturated rings. The first-order chi connectivity index (χ1) is 8.92. The molecule has 6 heteroatoms. The zero-order valence-electron chi connectivity index (χ0n) is 10.2. The molecule has 0 aliphatic heterocycles. The molecule has 0 aromatic heterocycles. The average Bonchev–Trinajstić information content (AvgIpc) is 2.35. The molecular formula is C13H15F2NO3. The Kier molecular flexibility index (Phi) is 3.71. The number of nitrogens with two attached hydrogens (primary N) is 1. The number of carboxylic acids is 1. The summed E-state index contributed by atoms with van der Waals surface area (Å²) >= 11 is 0. The number of carbonyl (C=O) groups is 1. The third-order valence-corrected chi connectivity index (χ3v) is 3.38. The molecule has 4 nitrogen and oxygen atoms in total. The molecule has 0 bridgehead atoms. The Morgan fingerprint density at radius 2 is 2.21 bits per heavy atom. The summed E-state index contributed by atoms with van der Waals surface area (Å²) in [5, 5.41) is 9.07. The summed E-state index contributed by atoms with van der Waals surface area (Å²) in [7, 11) is 0. The second-order valence-corrected chi connectivity index (χ2v) is 4.85. The summed E-state index contributed by atoms with van der Waals surface area (Å²) < 4.78 is 31.9. The van der Waals surface area contributed by atoms with Crippen LogP contribution in [0.2, 0.25) is 0 Å². The van der Waals surface area contributed by atoms with Crippen molar-refractivity contribution in [2.75, 3.05) is 0 Å². The van der Waals surface area contributed by atoms with E-state index in [1.165, 1.54) is 12.1 Å². The molecule has 1 aliphatic rings. The van der Waals surface area contributed by atoms with Gasteiger partial charge in [0, 0.05) is 6.42 Å². The maximum atomic E-state index is 13.5. The zero-order chi connectivity index (χ0) is 14.0. The van der Waals surface area contributed by atoms with Crippen LogP contribution in [0.15, 0.2) is 18.2 Å². The zero-order valence-corrected chi connectivity index (χ0v) is 10.2. The summed E-state index contributed by atoms with van der Waals surface area (Å²) in [6.07, 6.45) is 1.06. The summed E-state index contributed by atoms with van der Waals surface area (Å²) in [5.41, 5.74) is 4.41. The Hall–Kier alpha value is -1.69. The first-order valence-electron chi connectivity index (χ1n) is 6.05. The number of halogens is 2. The lowest BCUT2D eigenvalue weighted by atomic mass is 9.81. The van der Waals surface area contributed by atoms with Crippen molar-refractivity contribution in [3.8, 4) is 5.75 Å². The molecule has 1 aromatic rings. The molecule has 19 heavy (non-hydrogen) atoms. The largest absolute Gasteiger partial charge is 0.487 e. The molecule has 0 heterocycles. The van der Waals surface area contributed by atoms with Gasteiger partial charge in [0.15, 0.2) is 11.6 Å². The first kappa shape index (κ1) is 13.7. The highest BCUT2D eigenvalue weighted by Crippen LogP contribution is 2.31. The third kappa shape index (κ3) is 2.84. The van der Waals surface area contributed by atoms with E-state index in [1.54, 1.807) is 0 Å². The molecule has 0 spiro atoms. The van der Waals surface area contributed by atoms with Gasteiger partial charge >= 0.3 is 5.97 Å². The van der Waals surface area contributed by atoms with Gasteiger partial charge in [-0.25, -0.2) is 4.39 Å². The summed E-state index contributed by atoms with van der Waals surface area (Å²) in [6.45, 7) is 0. The monoisotopic (exact) mass is 271 g/mol. The average molecular weight is 271 g/mol. The molecule has 1 aliphatic carbocycles. The van der Waals surface area contributed by atoms with E-state index < -0.39 is 29.2 Å². The van der Waals surface area contributed by atoms with Crippen molar-refractivity contribution < 1.29 is 23.4 Å². The minimum absolute atomic E-state index is 0.0816. The maximum absolute atomic E-state index is 13.5. The number of ether oxygens (including phenoxy) is 1. The second kappa shape index (κ2) is 5.13. The predicted molar refractivity (Wildman–Crippen MR) is 63.8 cm³/mol. The molecule has 104 valence electrons. The Morgan fingerprint density at radius 3 is 2.89 bits per heavy atom. The van der Waals surface area contributed by atoms with Gasteiger partial charge in [0.05, 0.1) is 0 Å². The third-order valence-electron chi connectivity index (χ3n) is 3.38. The van der Waals surface area contributed by atoms with Crippen LogP contribution in [0.4, 0.5) is 8.78 Å². The van der Waals surface area contributed by atoms with E-state index in [2.05, 4.69) is 0 Å². The minimum Gasteiger partial charge on any atom is -0.487 e. The lowest BCUT2D eigenvalue weighted by molar-refractivity contribution is -0.145. The molecular weight excluding hydrogens is 256 g/mol. The van der Waals surface area contributed by atoms with Crippen molar-refractivity contribution in [1.82, 2.24) is 0 Å². The summed E-state index contributed by atoms with van der Waals surface area (Å²) in [6, 6.07) is 3.64. The highest BCUT2D eigenvalue weighted by Gasteiger charge is 2.40. The van der Waals surface area contributed by atoms with Gasteiger partial charge in [-0.2, -0.15) is 4.39 Å². The fourth-order valence-electron chi connectivity index (χ4n) is 2.31. The van der Waals surface area contributed by atoms with Gasteiger partial charge in [-0.15, -0.1) is 0 Å². The van der Waals surface area contributed by atoms with Gasteiger partial charge in [-0.1, -0.05) is 6.07 Å². The van der Waals surface area contributed by atoms with Crippen molar-refractivity contribution >= 4 is 5.97 Å². The minimum atomic E-state index is -1.35. The predicted octanol–water partition coefficient (Wildman–Crippen LogP) is 2.07. The Balaban J connectivity index is 2.11. The number of rotatable bonds is 3. The van der Waals surface area contributed by atoms with Crippen LogP contribution >= 0.6 is 0 Å². The number of hydrogen-bond donors (Lipinski definition) is 2. The SMILES string of the molecule is NC1(C(=O)O)CCCC(Oc2cccc(F)c2F)C1. The Morgan fingerprint density at radius 1 is 1.47 bits per heavy atom. The van der Waals surface area contributed by atoms with Crippen molar-refractivity contribution in [3.05, 3.63) is 29.8 Å². The topological polar surface area (TPSA) is 72.6 Å². The molecule has 1 aromatic carbocycles. The standard InChI is InChI=1S/C13H15F2NO3/c14-9-4-1-5-10(11(9)15)19-8-3-2-6-13(16,7-8)12(17)18/h1,4-5,8H,2-3,6-7,16H2,(H,17,18). The maximum Gasteiger partial charge on any atom is 0.323 e. The van der Waals surface area contributed by atoms with E-state index in [9.17, 15) is 13.6 Å². The fourth-order valence-corrected chi connectivity index (χ4v) is 2.31. The van der Waals surface area contributed by atoms with Gasteiger partial charge in [0.1, 0.15) is 11.6 Å². The van der Waals surface area contributed by atoms with Gasteiger partial charge < -0.3 is 15.6 Å². The van der Waals surface area contributed by atoms with Gasteiger partial charge in [0.2, 0.25) is 5.82 Å². The van der Waals surface area contributed by atoms with Crippen LogP contribution < -0.4 is 10.5 Å². The van der Waals surface area contributed by atoms with Crippen LogP contribution in [0.1, 0.15) is 25.7 Å². The lowest BCUT2D eigenvalue weighted by Gasteiger charge is -2.34. The van der Waals surface area contributed by atoms with Crippen molar-refractivity contribution in [1.29, 1.82) is 0 Å². The second-order valence-electron chi connectivity index (χ2n) is 4.85. The highest BCUT2D eigenvalue weighted by atomic mass is 19.2. The van der Waals surface area contributed by atoms with Crippen LogP contribution in [-0.2, 0) is 4.79 Å². The Labute approximate surface area is 109 Å². The molecule has 1 saturated carbocycles. The van der Waals surface area contributed by atoms with Gasteiger partial charge in [-0.3, -0.25) is 4.79 Å². The lowest BCUT2D eigenvalue weighted by Crippen LogP contribution is -2.53. The molecule has 0 amide bonds. The number of benzene rings is 1. The van der Waals surface area contributed by atoms with Crippen molar-refractivity contribution in [3.63, 3.8) is 0 Å². The van der Waals surface area contributed by atoms with E-state index in [0.717, 1.165) is 6.07 Å². The molecule has 2 unspecified atom stereocenters. The highest BCUT2D eigenvalue weighted by molar-refractivity contribution is 5.78. The van der Waals surface area contributed by atoms with E-state index in [1.807, 2.05) is 0 Å². The summed E-state index contributed by atoms with van der Waals surface area (Å²) in [4.78, 5) is 11.1. The van der Waals surface area contributed by atoms with Crippen LogP contribution in [0, 0.1) is 11.6 Å². The van der Waals surface area contributed by atoms with Gasteiger partial charge in [0.25, 0.3) is 0 Å². The number of hydrogen-bond acceptors (Lipinski definition) is 3. The van der Waals surface area contributed by atoms with Crippen LogP contribution in [0.5, 0.6) is 5.75 Å².